The van der Waals surface area contributed by atoms with E-state index in [0.717, 1.165) is 28.5 Å². The fourth-order valence-electron chi connectivity index (χ4n) is 2.50. The molecule has 6 heteroatoms. The number of nitrogens with zero attached hydrogens (tertiary/aromatic N) is 4. The number of anilines is 1. The van der Waals surface area contributed by atoms with Gasteiger partial charge in [-0.25, -0.2) is 9.67 Å². The fraction of sp³-hybridized carbons (Fsp3) is 0.211. The molecule has 0 atom stereocenters. The molecule has 25 heavy (non-hydrogen) atoms. The van der Waals surface area contributed by atoms with Crippen LogP contribution in [0.2, 0.25) is 0 Å². The average molecular weight is 349 g/mol. The second-order valence-corrected chi connectivity index (χ2v) is 6.84. The minimum absolute atomic E-state index is 0.504. The van der Waals surface area contributed by atoms with Crippen LogP contribution in [0.3, 0.4) is 0 Å². The van der Waals surface area contributed by atoms with E-state index in [2.05, 4.69) is 53.5 Å². The van der Waals surface area contributed by atoms with Crippen molar-refractivity contribution in [2.24, 2.45) is 0 Å². The zero-order chi connectivity index (χ0) is 18.0. The van der Waals surface area contributed by atoms with E-state index in [1.165, 1.54) is 16.9 Å². The minimum Gasteiger partial charge on any atom is -0.345 e. The van der Waals surface area contributed by atoms with E-state index in [1.807, 2.05) is 30.0 Å². The van der Waals surface area contributed by atoms with Gasteiger partial charge in [-0.3, -0.25) is 0 Å². The topological polar surface area (TPSA) is 66.5 Å². The largest absolute Gasteiger partial charge is 0.345 e. The first-order chi connectivity index (χ1) is 12.0. The number of allylic oxidation sites excluding steroid dienone is 1. The van der Waals surface area contributed by atoms with Crippen LogP contribution in [-0.4, -0.2) is 14.8 Å². The highest BCUT2D eigenvalue weighted by molar-refractivity contribution is 7.10. The van der Waals surface area contributed by atoms with Crippen LogP contribution < -0.4 is 5.32 Å². The number of nitriles is 1. The van der Waals surface area contributed by atoms with E-state index < -0.39 is 0 Å². The quantitative estimate of drug-likeness (QED) is 0.702. The Labute approximate surface area is 151 Å². The third kappa shape index (κ3) is 3.62. The van der Waals surface area contributed by atoms with Gasteiger partial charge in [0.2, 0.25) is 0 Å². The van der Waals surface area contributed by atoms with Crippen molar-refractivity contribution in [1.29, 1.82) is 5.26 Å². The lowest BCUT2D eigenvalue weighted by atomic mass is 10.1. The van der Waals surface area contributed by atoms with Crippen molar-refractivity contribution in [2.45, 2.75) is 27.7 Å². The molecule has 126 valence electrons. The first-order valence-corrected chi connectivity index (χ1v) is 8.79. The molecule has 0 amide bonds. The third-order valence-corrected chi connectivity index (χ3v) is 4.75. The van der Waals surface area contributed by atoms with Gasteiger partial charge < -0.3 is 5.32 Å². The second kappa shape index (κ2) is 6.91. The van der Waals surface area contributed by atoms with Crippen LogP contribution in [-0.2, 0) is 0 Å². The number of rotatable bonds is 4. The van der Waals surface area contributed by atoms with Crippen molar-refractivity contribution < 1.29 is 0 Å². The standard InChI is InChI=1S/C19H19N5S/c1-12-5-6-13(2)17(7-12)24-18(8-14(3)23-24)21-10-16(9-20)19-22-15(4)11-25-19/h5-8,10-11,21H,1-4H3/b16-10+. The summed E-state index contributed by atoms with van der Waals surface area (Å²) in [7, 11) is 0. The average Bonchev–Trinajstić information content (AvgIpc) is 3.16. The van der Waals surface area contributed by atoms with Gasteiger partial charge in [-0.2, -0.15) is 10.4 Å². The van der Waals surface area contributed by atoms with Crippen molar-refractivity contribution in [1.82, 2.24) is 14.8 Å². The summed E-state index contributed by atoms with van der Waals surface area (Å²) in [5.41, 5.74) is 5.65. The van der Waals surface area contributed by atoms with E-state index in [4.69, 9.17) is 0 Å². The summed E-state index contributed by atoms with van der Waals surface area (Å²) in [6.07, 6.45) is 1.69. The molecule has 0 bridgehead atoms. The summed E-state index contributed by atoms with van der Waals surface area (Å²) in [5.74, 6) is 0.812. The van der Waals surface area contributed by atoms with Gasteiger partial charge in [0.05, 0.1) is 11.4 Å². The minimum atomic E-state index is 0.504. The van der Waals surface area contributed by atoms with Crippen LogP contribution in [0.4, 0.5) is 5.82 Å². The van der Waals surface area contributed by atoms with Crippen LogP contribution in [0.25, 0.3) is 11.3 Å². The Morgan fingerprint density at radius 1 is 1.20 bits per heavy atom. The Bertz CT molecular complexity index is 988. The summed E-state index contributed by atoms with van der Waals surface area (Å²) in [6, 6.07) is 10.4. The van der Waals surface area contributed by atoms with Crippen molar-refractivity contribution >= 4 is 22.7 Å². The number of aryl methyl sites for hydroxylation is 4. The molecule has 0 saturated heterocycles. The Kier molecular flexibility index (Phi) is 4.68. The van der Waals surface area contributed by atoms with Gasteiger partial charge in [0.15, 0.2) is 0 Å². The molecule has 2 aromatic heterocycles. The lowest BCUT2D eigenvalue weighted by molar-refractivity contribution is 0.861. The maximum absolute atomic E-state index is 9.42. The number of aromatic nitrogens is 3. The molecule has 0 spiro atoms. The van der Waals surface area contributed by atoms with Gasteiger partial charge in [0, 0.05) is 23.3 Å². The highest BCUT2D eigenvalue weighted by Crippen LogP contribution is 2.23. The van der Waals surface area contributed by atoms with Crippen molar-refractivity contribution in [3.05, 3.63) is 63.4 Å². The lowest BCUT2D eigenvalue weighted by Crippen LogP contribution is -2.04. The molecule has 0 unspecified atom stereocenters. The number of benzene rings is 1. The zero-order valence-corrected chi connectivity index (χ0v) is 15.5. The Morgan fingerprint density at radius 3 is 2.68 bits per heavy atom. The van der Waals surface area contributed by atoms with Gasteiger partial charge in [-0.05, 0) is 44.9 Å². The Hall–Kier alpha value is -2.91. The molecule has 2 heterocycles. The second-order valence-electron chi connectivity index (χ2n) is 5.98. The molecular weight excluding hydrogens is 330 g/mol. The fourth-order valence-corrected chi connectivity index (χ4v) is 3.26. The van der Waals surface area contributed by atoms with Gasteiger partial charge in [0.25, 0.3) is 0 Å². The Morgan fingerprint density at radius 2 is 2.00 bits per heavy atom. The van der Waals surface area contributed by atoms with E-state index in [1.54, 1.807) is 6.20 Å². The number of hydrogen-bond acceptors (Lipinski definition) is 5. The molecule has 0 aliphatic carbocycles. The normalized spacial score (nSPS) is 11.4. The van der Waals surface area contributed by atoms with E-state index in [0.29, 0.717) is 10.6 Å². The molecule has 0 aliphatic rings. The zero-order valence-electron chi connectivity index (χ0n) is 14.7. The van der Waals surface area contributed by atoms with E-state index in [-0.39, 0.29) is 0 Å². The number of nitrogens with one attached hydrogen (secondary N) is 1. The van der Waals surface area contributed by atoms with Crippen molar-refractivity contribution in [2.75, 3.05) is 5.32 Å². The van der Waals surface area contributed by atoms with Gasteiger partial charge in [-0.15, -0.1) is 11.3 Å². The first-order valence-electron chi connectivity index (χ1n) is 7.91. The number of thiazole rings is 1. The lowest BCUT2D eigenvalue weighted by Gasteiger charge is -2.11. The predicted octanol–water partition coefficient (Wildman–Crippen LogP) is 4.54. The van der Waals surface area contributed by atoms with Crippen LogP contribution in [0.15, 0.2) is 35.8 Å². The molecule has 1 aromatic carbocycles. The number of hydrogen-bond donors (Lipinski definition) is 1. The van der Waals surface area contributed by atoms with Gasteiger partial charge in [0.1, 0.15) is 22.5 Å². The Balaban J connectivity index is 1.98. The van der Waals surface area contributed by atoms with Gasteiger partial charge in [-0.1, -0.05) is 12.1 Å². The third-order valence-electron chi connectivity index (χ3n) is 3.76. The predicted molar refractivity (Wildman–Crippen MR) is 102 cm³/mol. The van der Waals surface area contributed by atoms with Crippen LogP contribution in [0.5, 0.6) is 0 Å². The summed E-state index contributed by atoms with van der Waals surface area (Å²) in [4.78, 5) is 4.37. The molecule has 0 radical (unpaired) electrons. The highest BCUT2D eigenvalue weighted by Gasteiger charge is 2.11. The smallest absolute Gasteiger partial charge is 0.135 e. The maximum atomic E-state index is 9.42. The van der Waals surface area contributed by atoms with Crippen molar-refractivity contribution in [3.63, 3.8) is 0 Å². The molecule has 5 nitrogen and oxygen atoms in total. The summed E-state index contributed by atoms with van der Waals surface area (Å²) < 4.78 is 1.87. The summed E-state index contributed by atoms with van der Waals surface area (Å²) >= 11 is 1.46. The monoisotopic (exact) mass is 349 g/mol. The molecule has 3 aromatic rings. The van der Waals surface area contributed by atoms with Gasteiger partial charge >= 0.3 is 0 Å². The highest BCUT2D eigenvalue weighted by atomic mass is 32.1. The van der Waals surface area contributed by atoms with E-state index in [9.17, 15) is 5.26 Å². The first kappa shape index (κ1) is 16.9. The SMILES string of the molecule is Cc1ccc(C)c(-n2nc(C)cc2N/C=C(\C#N)c2nc(C)cs2)c1. The maximum Gasteiger partial charge on any atom is 0.135 e. The molecule has 0 aliphatic heterocycles. The summed E-state index contributed by atoms with van der Waals surface area (Å²) in [6.45, 7) is 7.99. The van der Waals surface area contributed by atoms with Crippen LogP contribution >= 0.6 is 11.3 Å². The molecule has 0 saturated carbocycles. The molecular formula is C19H19N5S. The van der Waals surface area contributed by atoms with Crippen LogP contribution in [0, 0.1) is 39.0 Å². The van der Waals surface area contributed by atoms with E-state index >= 15 is 0 Å². The molecule has 0 fully saturated rings. The molecule has 3 rings (SSSR count). The summed E-state index contributed by atoms with van der Waals surface area (Å²) in [5, 5.41) is 19.9. The van der Waals surface area contributed by atoms with Crippen LogP contribution in [0.1, 0.15) is 27.5 Å². The van der Waals surface area contributed by atoms with Crippen molar-refractivity contribution in [3.8, 4) is 11.8 Å². The molecule has 1 N–H and O–H groups in total.